The molecule has 1 aromatic heterocycles. The van der Waals surface area contributed by atoms with E-state index in [9.17, 15) is 4.79 Å². The maximum Gasteiger partial charge on any atom is 0.186 e. The van der Waals surface area contributed by atoms with Gasteiger partial charge in [0.2, 0.25) is 0 Å². The molecule has 0 spiro atoms. The predicted octanol–water partition coefficient (Wildman–Crippen LogP) is 5.76. The van der Waals surface area contributed by atoms with Crippen LogP contribution in [0.1, 0.15) is 22.3 Å². The van der Waals surface area contributed by atoms with Crippen molar-refractivity contribution in [2.75, 3.05) is 0 Å². The third kappa shape index (κ3) is 4.09. The fraction of sp³-hybridized carbons (Fsp3) is 0.150. The lowest BCUT2D eigenvalue weighted by Crippen LogP contribution is -2.15. The average Bonchev–Trinajstić information content (AvgIpc) is 2.56. The molecule has 2 nitrogen and oxygen atoms in total. The molecule has 0 N–H and O–H groups in total. The van der Waals surface area contributed by atoms with Crippen LogP contribution in [-0.4, -0.2) is 4.57 Å². The molecule has 0 unspecified atom stereocenters. The Morgan fingerprint density at radius 2 is 1.72 bits per heavy atom. The zero-order valence-electron chi connectivity index (χ0n) is 13.6. The Balaban J connectivity index is 1.99. The summed E-state index contributed by atoms with van der Waals surface area (Å²) in [4.78, 5) is 12.4. The van der Waals surface area contributed by atoms with Crippen molar-refractivity contribution in [2.24, 2.45) is 0 Å². The Bertz CT molecular complexity index is 959. The molecule has 128 valence electrons. The first-order valence-electron chi connectivity index (χ1n) is 7.82. The molecule has 0 saturated carbocycles. The van der Waals surface area contributed by atoms with E-state index in [1.165, 1.54) is 6.07 Å². The summed E-state index contributed by atoms with van der Waals surface area (Å²) in [6.07, 6.45) is 2.11. The van der Waals surface area contributed by atoms with E-state index in [0.717, 1.165) is 16.7 Å². The van der Waals surface area contributed by atoms with Gasteiger partial charge in [0.25, 0.3) is 0 Å². The first kappa shape index (κ1) is 18.1. The standard InChI is InChI=1S/C20H16Cl3NO/c1-13-4-2-7-18(22)16(13)11-17-19(25)8-9-24(20(17)23)12-14-5-3-6-15(21)10-14/h2-10H,11-12H2,1H3. The van der Waals surface area contributed by atoms with Gasteiger partial charge in [-0.05, 0) is 41.8 Å². The van der Waals surface area contributed by atoms with Crippen molar-refractivity contribution in [3.05, 3.63) is 102 Å². The first-order chi connectivity index (χ1) is 12.0. The topological polar surface area (TPSA) is 22.0 Å². The van der Waals surface area contributed by atoms with Gasteiger partial charge < -0.3 is 4.57 Å². The molecule has 0 amide bonds. The fourth-order valence-corrected chi connectivity index (χ4v) is 3.56. The quantitative estimate of drug-likeness (QED) is 0.518. The van der Waals surface area contributed by atoms with Gasteiger partial charge in [0, 0.05) is 40.8 Å². The highest BCUT2D eigenvalue weighted by molar-refractivity contribution is 6.32. The molecule has 0 saturated heterocycles. The minimum Gasteiger partial charge on any atom is -0.334 e. The third-order valence-electron chi connectivity index (χ3n) is 4.15. The van der Waals surface area contributed by atoms with E-state index < -0.39 is 0 Å². The lowest BCUT2D eigenvalue weighted by Gasteiger charge is -2.14. The molecule has 0 radical (unpaired) electrons. The number of hydrogen-bond donors (Lipinski definition) is 0. The Kier molecular flexibility index (Phi) is 5.53. The van der Waals surface area contributed by atoms with Crippen molar-refractivity contribution in [3.63, 3.8) is 0 Å². The highest BCUT2D eigenvalue weighted by Crippen LogP contribution is 2.25. The maximum absolute atomic E-state index is 12.4. The van der Waals surface area contributed by atoms with Crippen molar-refractivity contribution in [1.82, 2.24) is 4.57 Å². The van der Waals surface area contributed by atoms with Crippen LogP contribution in [0, 0.1) is 6.92 Å². The van der Waals surface area contributed by atoms with Crippen LogP contribution in [0.3, 0.4) is 0 Å². The van der Waals surface area contributed by atoms with E-state index in [2.05, 4.69) is 0 Å². The summed E-state index contributed by atoms with van der Waals surface area (Å²) < 4.78 is 1.84. The molecular weight excluding hydrogens is 377 g/mol. The van der Waals surface area contributed by atoms with Crippen molar-refractivity contribution >= 4 is 34.8 Å². The predicted molar refractivity (Wildman–Crippen MR) is 105 cm³/mol. The summed E-state index contributed by atoms with van der Waals surface area (Å²) in [5.74, 6) is 0. The van der Waals surface area contributed by atoms with Crippen molar-refractivity contribution < 1.29 is 0 Å². The number of pyridine rings is 1. The van der Waals surface area contributed by atoms with E-state index in [0.29, 0.717) is 33.7 Å². The lowest BCUT2D eigenvalue weighted by molar-refractivity contribution is 0.779. The second kappa shape index (κ2) is 7.65. The number of nitrogens with zero attached hydrogens (tertiary/aromatic N) is 1. The average molecular weight is 393 g/mol. The van der Waals surface area contributed by atoms with Crippen molar-refractivity contribution in [3.8, 4) is 0 Å². The smallest absolute Gasteiger partial charge is 0.186 e. The number of rotatable bonds is 4. The second-order valence-electron chi connectivity index (χ2n) is 5.92. The fourth-order valence-electron chi connectivity index (χ4n) is 2.78. The van der Waals surface area contributed by atoms with Crippen LogP contribution < -0.4 is 5.43 Å². The van der Waals surface area contributed by atoms with Gasteiger partial charge in [-0.1, -0.05) is 59.1 Å². The van der Waals surface area contributed by atoms with Gasteiger partial charge in [0.1, 0.15) is 5.15 Å². The van der Waals surface area contributed by atoms with Crippen LogP contribution >= 0.6 is 34.8 Å². The molecule has 0 fully saturated rings. The van der Waals surface area contributed by atoms with E-state index in [-0.39, 0.29) is 5.43 Å². The summed E-state index contributed by atoms with van der Waals surface area (Å²) in [6.45, 7) is 2.51. The lowest BCUT2D eigenvalue weighted by atomic mass is 10.0. The SMILES string of the molecule is Cc1cccc(Cl)c1Cc1c(Cl)n(Cc2cccc(Cl)c2)ccc1=O. The van der Waals surface area contributed by atoms with Crippen molar-refractivity contribution in [1.29, 1.82) is 0 Å². The molecule has 1 heterocycles. The number of halogens is 3. The monoisotopic (exact) mass is 391 g/mol. The van der Waals surface area contributed by atoms with Gasteiger partial charge in [-0.25, -0.2) is 0 Å². The van der Waals surface area contributed by atoms with E-state index in [4.69, 9.17) is 34.8 Å². The third-order valence-corrected chi connectivity index (χ3v) is 5.19. The van der Waals surface area contributed by atoms with Gasteiger partial charge in [-0.15, -0.1) is 0 Å². The molecule has 25 heavy (non-hydrogen) atoms. The molecule has 0 aliphatic rings. The Labute approximate surface area is 161 Å². The van der Waals surface area contributed by atoms with E-state index in [1.807, 2.05) is 54.0 Å². The Hall–Kier alpha value is -1.74. The van der Waals surface area contributed by atoms with Gasteiger partial charge >= 0.3 is 0 Å². The summed E-state index contributed by atoms with van der Waals surface area (Å²) in [6, 6.07) is 14.8. The molecule has 0 atom stereocenters. The zero-order valence-corrected chi connectivity index (χ0v) is 15.9. The van der Waals surface area contributed by atoms with Crippen LogP contribution in [0.25, 0.3) is 0 Å². The molecule has 3 aromatic rings. The summed E-state index contributed by atoms with van der Waals surface area (Å²) in [5.41, 5.74) is 3.42. The Morgan fingerprint density at radius 3 is 2.44 bits per heavy atom. The van der Waals surface area contributed by atoms with Crippen LogP contribution in [0.5, 0.6) is 0 Å². The largest absolute Gasteiger partial charge is 0.334 e. The number of benzene rings is 2. The van der Waals surface area contributed by atoms with Gasteiger partial charge in [-0.3, -0.25) is 4.79 Å². The number of aryl methyl sites for hydroxylation is 1. The van der Waals surface area contributed by atoms with E-state index in [1.54, 1.807) is 6.20 Å². The van der Waals surface area contributed by atoms with Crippen LogP contribution in [0.15, 0.2) is 59.5 Å². The van der Waals surface area contributed by atoms with Gasteiger partial charge in [-0.2, -0.15) is 0 Å². The minimum atomic E-state index is -0.0911. The normalized spacial score (nSPS) is 10.9. The molecule has 0 bridgehead atoms. The van der Waals surface area contributed by atoms with Crippen molar-refractivity contribution in [2.45, 2.75) is 19.9 Å². The molecule has 0 aliphatic heterocycles. The van der Waals surface area contributed by atoms with E-state index >= 15 is 0 Å². The summed E-state index contributed by atoms with van der Waals surface area (Å²) >= 11 is 18.9. The van der Waals surface area contributed by atoms with Gasteiger partial charge in [0.05, 0.1) is 0 Å². The molecule has 2 aromatic carbocycles. The van der Waals surface area contributed by atoms with Gasteiger partial charge in [0.15, 0.2) is 5.43 Å². The Morgan fingerprint density at radius 1 is 0.960 bits per heavy atom. The van der Waals surface area contributed by atoms with Crippen LogP contribution in [-0.2, 0) is 13.0 Å². The highest BCUT2D eigenvalue weighted by Gasteiger charge is 2.13. The molecular formula is C20H16Cl3NO. The van der Waals surface area contributed by atoms with Crippen LogP contribution in [0.2, 0.25) is 15.2 Å². The second-order valence-corrected chi connectivity index (χ2v) is 7.12. The highest BCUT2D eigenvalue weighted by atomic mass is 35.5. The molecule has 3 rings (SSSR count). The molecule has 0 aliphatic carbocycles. The number of hydrogen-bond acceptors (Lipinski definition) is 1. The maximum atomic E-state index is 12.4. The minimum absolute atomic E-state index is 0.0911. The summed E-state index contributed by atoms with van der Waals surface area (Å²) in [5, 5.41) is 1.73. The van der Waals surface area contributed by atoms with Crippen LogP contribution in [0.4, 0.5) is 0 Å². The first-order valence-corrected chi connectivity index (χ1v) is 8.95. The number of aromatic nitrogens is 1. The summed E-state index contributed by atoms with van der Waals surface area (Å²) in [7, 11) is 0. The zero-order chi connectivity index (χ0) is 18.0. The molecule has 5 heteroatoms.